The van der Waals surface area contributed by atoms with E-state index in [4.69, 9.17) is 5.11 Å². The molecule has 0 saturated carbocycles. The summed E-state index contributed by atoms with van der Waals surface area (Å²) in [4.78, 5) is 10.2. The maximum Gasteiger partial charge on any atom is 0.511 e. The molecule has 1 heterocycles. The molecule has 1 N–H and O–H groups in total. The largest absolute Gasteiger partial charge is 0.511 e. The van der Waals surface area contributed by atoms with Gasteiger partial charge in [-0.3, -0.25) is 0 Å². The second kappa shape index (κ2) is 5.87. The molecule has 0 aromatic heterocycles. The van der Waals surface area contributed by atoms with Crippen LogP contribution in [0.3, 0.4) is 0 Å². The van der Waals surface area contributed by atoms with Crippen LogP contribution in [0, 0.1) is 0 Å². The molecule has 0 saturated heterocycles. The number of benzene rings is 1. The minimum Gasteiger partial charge on any atom is -0.472 e. The van der Waals surface area contributed by atoms with Gasteiger partial charge in [0.15, 0.2) is 5.76 Å². The maximum absolute atomic E-state index is 12.8. The predicted molar refractivity (Wildman–Crippen MR) is 65.9 cm³/mol. The van der Waals surface area contributed by atoms with Crippen molar-refractivity contribution in [3.63, 3.8) is 0 Å². The van der Waals surface area contributed by atoms with Crippen LogP contribution in [0.5, 0.6) is 5.75 Å². The Hall–Kier alpha value is -2.04. The maximum atomic E-state index is 12.8. The Labute approximate surface area is 128 Å². The van der Waals surface area contributed by atoms with Gasteiger partial charge in [0.2, 0.25) is 0 Å². The van der Waals surface area contributed by atoms with Crippen LogP contribution < -0.4 is 4.74 Å². The third-order valence-corrected chi connectivity index (χ3v) is 3.24. The Morgan fingerprint density at radius 2 is 1.87 bits per heavy atom. The highest BCUT2D eigenvalue weighted by molar-refractivity contribution is 8.00. The van der Waals surface area contributed by atoms with E-state index in [-0.39, 0.29) is 16.2 Å². The van der Waals surface area contributed by atoms with Gasteiger partial charge in [0.1, 0.15) is 5.75 Å². The molecule has 11 heteroatoms. The lowest BCUT2D eigenvalue weighted by atomic mass is 10.1. The van der Waals surface area contributed by atoms with Crippen LogP contribution in [0.15, 0.2) is 28.9 Å². The topological polar surface area (TPSA) is 55.8 Å². The summed E-state index contributed by atoms with van der Waals surface area (Å²) < 4.78 is 84.1. The van der Waals surface area contributed by atoms with Crippen molar-refractivity contribution in [2.24, 2.45) is 0 Å². The van der Waals surface area contributed by atoms with Gasteiger partial charge < -0.3 is 14.6 Å². The average Bonchev–Trinajstić information content (AvgIpc) is 2.33. The van der Waals surface area contributed by atoms with Gasteiger partial charge in [0.25, 0.3) is 6.10 Å². The Kier molecular flexibility index (Phi) is 4.42. The van der Waals surface area contributed by atoms with Gasteiger partial charge in [-0.2, -0.15) is 26.3 Å². The molecule has 0 amide bonds. The summed E-state index contributed by atoms with van der Waals surface area (Å²) in [5.74, 6) is -1.41. The monoisotopic (exact) mass is 360 g/mol. The van der Waals surface area contributed by atoms with E-state index in [9.17, 15) is 31.1 Å². The molecule has 2 rings (SSSR count). The highest BCUT2D eigenvalue weighted by Gasteiger charge is 2.48. The lowest BCUT2D eigenvalue weighted by Gasteiger charge is -2.27. The number of rotatable bonds is 2. The van der Waals surface area contributed by atoms with Crippen LogP contribution in [0.4, 0.5) is 31.1 Å². The van der Waals surface area contributed by atoms with E-state index in [0.717, 1.165) is 18.2 Å². The fourth-order valence-corrected chi connectivity index (χ4v) is 2.36. The second-order valence-electron chi connectivity index (χ2n) is 4.20. The molecule has 0 spiro atoms. The van der Waals surface area contributed by atoms with Crippen LogP contribution in [-0.4, -0.2) is 29.1 Å². The third-order valence-electron chi connectivity index (χ3n) is 2.52. The van der Waals surface area contributed by atoms with Gasteiger partial charge in [-0.05, 0) is 36.0 Å². The van der Waals surface area contributed by atoms with Crippen molar-refractivity contribution in [3.8, 4) is 5.75 Å². The SMILES string of the molecule is O=C(O)OC1=Cc2cc(SC(F)(F)F)ccc2OC1C(F)(F)F. The lowest BCUT2D eigenvalue weighted by Crippen LogP contribution is -2.39. The van der Waals surface area contributed by atoms with E-state index in [2.05, 4.69) is 9.47 Å². The van der Waals surface area contributed by atoms with Crippen molar-refractivity contribution < 1.29 is 45.7 Å². The predicted octanol–water partition coefficient (Wildman–Crippen LogP) is 4.66. The summed E-state index contributed by atoms with van der Waals surface area (Å²) in [6.45, 7) is 0. The quantitative estimate of drug-likeness (QED) is 0.472. The fraction of sp³-hybridized carbons (Fsp3) is 0.250. The Balaban J connectivity index is 2.40. The lowest BCUT2D eigenvalue weighted by molar-refractivity contribution is -0.191. The van der Waals surface area contributed by atoms with Crippen molar-refractivity contribution >= 4 is 24.0 Å². The summed E-state index contributed by atoms with van der Waals surface area (Å²) in [5.41, 5.74) is -4.74. The van der Waals surface area contributed by atoms with E-state index in [0.29, 0.717) is 6.08 Å². The number of hydrogen-bond donors (Lipinski definition) is 1. The number of thioether (sulfide) groups is 1. The van der Waals surface area contributed by atoms with Crippen LogP contribution >= 0.6 is 11.8 Å². The van der Waals surface area contributed by atoms with Crippen LogP contribution in [0.2, 0.25) is 0 Å². The molecule has 1 aromatic carbocycles. The molecular weight excluding hydrogens is 354 g/mol. The highest BCUT2D eigenvalue weighted by Crippen LogP contribution is 2.42. The Bertz CT molecular complexity index is 652. The number of ether oxygens (including phenoxy) is 2. The average molecular weight is 360 g/mol. The second-order valence-corrected chi connectivity index (χ2v) is 5.34. The van der Waals surface area contributed by atoms with E-state index in [1.54, 1.807) is 0 Å². The first-order valence-electron chi connectivity index (χ1n) is 5.71. The van der Waals surface area contributed by atoms with Gasteiger partial charge in [0.05, 0.1) is 0 Å². The molecule has 1 unspecified atom stereocenters. The van der Waals surface area contributed by atoms with Crippen molar-refractivity contribution in [2.75, 3.05) is 0 Å². The van der Waals surface area contributed by atoms with E-state index in [1.807, 2.05) is 0 Å². The highest BCUT2D eigenvalue weighted by atomic mass is 32.2. The van der Waals surface area contributed by atoms with Crippen molar-refractivity contribution in [3.05, 3.63) is 29.5 Å². The molecule has 0 aliphatic carbocycles. The van der Waals surface area contributed by atoms with Crippen molar-refractivity contribution in [1.29, 1.82) is 0 Å². The van der Waals surface area contributed by atoms with E-state index < -0.39 is 41.5 Å². The van der Waals surface area contributed by atoms with Crippen molar-refractivity contribution in [1.82, 2.24) is 0 Å². The number of carboxylic acid groups (broad SMARTS) is 1. The normalized spacial score (nSPS) is 17.8. The summed E-state index contributed by atoms with van der Waals surface area (Å²) >= 11 is -0.469. The van der Waals surface area contributed by atoms with E-state index in [1.165, 1.54) is 0 Å². The van der Waals surface area contributed by atoms with Gasteiger partial charge in [-0.1, -0.05) is 0 Å². The number of carbonyl (C=O) groups is 1. The van der Waals surface area contributed by atoms with Crippen molar-refractivity contribution in [2.45, 2.75) is 22.7 Å². The van der Waals surface area contributed by atoms with Gasteiger partial charge in [-0.25, -0.2) is 4.79 Å². The molecule has 0 radical (unpaired) electrons. The Morgan fingerprint density at radius 3 is 2.39 bits per heavy atom. The number of hydrogen-bond acceptors (Lipinski definition) is 4. The first-order chi connectivity index (χ1) is 10.5. The summed E-state index contributed by atoms with van der Waals surface area (Å²) in [7, 11) is 0. The summed E-state index contributed by atoms with van der Waals surface area (Å²) in [5, 5.41) is 8.47. The molecule has 1 aromatic rings. The third kappa shape index (κ3) is 4.47. The first kappa shape index (κ1) is 17.3. The summed E-state index contributed by atoms with van der Waals surface area (Å²) in [6, 6.07) is 2.81. The smallest absolute Gasteiger partial charge is 0.472 e. The number of halogens is 6. The molecule has 1 aliphatic heterocycles. The zero-order valence-electron chi connectivity index (χ0n) is 10.7. The Morgan fingerprint density at radius 1 is 1.22 bits per heavy atom. The van der Waals surface area contributed by atoms with Gasteiger partial charge in [-0.15, -0.1) is 0 Å². The zero-order chi connectivity index (χ0) is 17.4. The van der Waals surface area contributed by atoms with Crippen LogP contribution in [0.1, 0.15) is 5.56 Å². The van der Waals surface area contributed by atoms with E-state index >= 15 is 0 Å². The molecule has 126 valence electrons. The first-order valence-corrected chi connectivity index (χ1v) is 6.53. The van der Waals surface area contributed by atoms with Crippen LogP contribution in [0.25, 0.3) is 6.08 Å². The van der Waals surface area contributed by atoms with Gasteiger partial charge >= 0.3 is 17.8 Å². The minimum absolute atomic E-state index is 0.156. The fourth-order valence-electron chi connectivity index (χ4n) is 1.77. The molecule has 1 atom stereocenters. The van der Waals surface area contributed by atoms with Crippen LogP contribution in [-0.2, 0) is 4.74 Å². The molecule has 23 heavy (non-hydrogen) atoms. The molecule has 4 nitrogen and oxygen atoms in total. The number of alkyl halides is 6. The number of fused-ring (bicyclic) bond motifs is 1. The van der Waals surface area contributed by atoms with Gasteiger partial charge in [0, 0.05) is 10.5 Å². The zero-order valence-corrected chi connectivity index (χ0v) is 11.6. The summed E-state index contributed by atoms with van der Waals surface area (Å²) in [6.07, 6.45) is -8.94. The standard InChI is InChI=1S/C12H6F6O4S/c13-11(14,15)9-8(22-10(19)20)4-5-3-6(23-12(16,17)18)1-2-7(5)21-9/h1-4,9H,(H,19,20). The molecule has 0 fully saturated rings. The molecule has 1 aliphatic rings. The molecule has 0 bridgehead atoms. The minimum atomic E-state index is -4.96. The molecular formula is C12H6F6O4S.